The molecule has 5 aliphatic rings. The van der Waals surface area contributed by atoms with Crippen molar-refractivity contribution in [2.45, 2.75) is 155 Å². The maximum Gasteiger partial charge on any atom is 0.410 e. The summed E-state index contributed by atoms with van der Waals surface area (Å²) in [6.45, 7) is 15.9. The number of carboxylic acids is 1. The number of nitrogens with one attached hydrogen (secondary N) is 5. The van der Waals surface area contributed by atoms with Crippen molar-refractivity contribution in [3.63, 3.8) is 0 Å². The number of urea groups is 1. The van der Waals surface area contributed by atoms with Crippen molar-refractivity contribution in [3.8, 4) is 11.1 Å². The molecule has 0 saturated heterocycles. The molecule has 0 spiro atoms. The number of ether oxygens (including phenoxy) is 2. The number of hydrogen-bond donors (Lipinski definition) is 9. The molecule has 4 aliphatic carbocycles. The van der Waals surface area contributed by atoms with Crippen molar-refractivity contribution >= 4 is 72.3 Å². The van der Waals surface area contributed by atoms with Crippen molar-refractivity contribution in [2.75, 3.05) is 80.3 Å². The minimum Gasteiger partial charge on any atom is -0.476 e. The second-order valence-electron chi connectivity index (χ2n) is 27.9. The molecule has 23 nitrogen and oxygen atoms in total. The van der Waals surface area contributed by atoms with Crippen LogP contribution in [-0.4, -0.2) is 149 Å². The quantitative estimate of drug-likeness (QED) is 0.0134. The summed E-state index contributed by atoms with van der Waals surface area (Å²) in [7, 11) is -4.42. The number of benzene rings is 3. The largest absolute Gasteiger partial charge is 0.476 e. The van der Waals surface area contributed by atoms with Crippen LogP contribution < -0.4 is 43.0 Å². The number of aromatic nitrogens is 4. The van der Waals surface area contributed by atoms with E-state index in [1.54, 1.807) is 6.20 Å². The summed E-state index contributed by atoms with van der Waals surface area (Å²) >= 11 is 1.41. The van der Waals surface area contributed by atoms with Crippen molar-refractivity contribution < 1.29 is 46.7 Å². The number of rotatable bonds is 34. The third kappa shape index (κ3) is 17.8. The molecule has 4 bridgehead atoms. The van der Waals surface area contributed by atoms with Crippen LogP contribution in [0.4, 0.5) is 26.2 Å². The second kappa shape index (κ2) is 30.2. The Morgan fingerprint density at radius 3 is 2.33 bits per heavy atom. The normalized spacial score (nSPS) is 21.3. The van der Waals surface area contributed by atoms with Crippen molar-refractivity contribution in [2.24, 2.45) is 33.6 Å². The number of unbranched alkanes of at least 4 members (excludes halogenated alkanes) is 3. The molecule has 508 valence electrons. The molecule has 11 N–H and O–H groups in total. The SMILES string of the molecule is Cc1c(-c2ccc(N3CCc4cccc(C(=O)Nc5nc6ccccc6s5)c4C3)nc2C(=O)O)cnn1CC12CC3(C)CC(C)(C1)CC(OCCN(CCS(=O)(=O)O)C(=O)OCc1ccc(NC[C@H](CCCNC(N)=O)NC[C@@H](NCCCCCCN)C(C)C)cc1)(C3)C2. The zero-order valence-electron chi connectivity index (χ0n) is 55.0. The molecule has 6 aromatic rings. The summed E-state index contributed by atoms with van der Waals surface area (Å²) in [4.78, 5) is 64.9. The number of anilines is 3. The van der Waals surface area contributed by atoms with E-state index in [1.807, 2.05) is 95.4 Å². The predicted octanol–water partition coefficient (Wildman–Crippen LogP) is 9.99. The van der Waals surface area contributed by atoms with Gasteiger partial charge >= 0.3 is 18.1 Å². The number of nitrogens with two attached hydrogens (primary N) is 2. The molecule has 4 fully saturated rings. The Labute approximate surface area is 556 Å². The first-order valence-corrected chi connectivity index (χ1v) is 35.7. The van der Waals surface area contributed by atoms with Crippen molar-refractivity contribution in [1.82, 2.24) is 40.6 Å². The van der Waals surface area contributed by atoms with E-state index in [1.165, 1.54) is 16.2 Å². The number of aromatic carboxylic acids is 1. The van der Waals surface area contributed by atoms with E-state index in [9.17, 15) is 37.3 Å². The molecule has 4 heterocycles. The van der Waals surface area contributed by atoms with E-state index in [0.717, 1.165) is 135 Å². The molecule has 25 heteroatoms. The van der Waals surface area contributed by atoms with E-state index < -0.39 is 39.6 Å². The molecular weight excluding hydrogens is 1230 g/mol. The highest BCUT2D eigenvalue weighted by Crippen LogP contribution is 2.72. The van der Waals surface area contributed by atoms with Gasteiger partial charge in [0.15, 0.2) is 10.8 Å². The number of para-hydroxylation sites is 1. The molecule has 4 amide bonds. The standard InChI is InChI=1S/C69H95N13O10S2/c1-46(2)57(72-27-11-7-6-10-26-70)36-75-51(15-13-28-73-63(71)86)34-74-50-21-19-48(20-22-50)38-91-65(87)80(31-33-94(88,89)90)30-32-92-69-42-66(4)39-67(5,43-69)41-68(40-66,44-69)45-82-47(3)54(35-76-82)52-23-24-59(78-60(52)62(84)85)81-29-25-49-14-12-16-53(55(49)37-81)61(83)79-64-77-56-17-8-9-18-58(56)93-64/h8-9,12,14,16-24,35,46,51,57,72,74-75H,6-7,10-11,13,15,25-34,36-45,70H2,1-5H3,(H,84,85)(H3,71,73,86)(H,77,79,83)(H,88,89,90)/t51-,57+,66?,67?,68?,69?/m0/s1. The topological polar surface area (TPSA) is 324 Å². The number of carboxylic acid groups (broad SMARTS) is 1. The summed E-state index contributed by atoms with van der Waals surface area (Å²) in [5, 5.41) is 32.9. The molecular formula is C69H95N13O10S2. The number of amides is 4. The van der Waals surface area contributed by atoms with E-state index >= 15 is 0 Å². The van der Waals surface area contributed by atoms with E-state index in [0.29, 0.717) is 72.7 Å². The zero-order chi connectivity index (χ0) is 66.8. The van der Waals surface area contributed by atoms with Crippen molar-refractivity contribution in [3.05, 3.63) is 119 Å². The van der Waals surface area contributed by atoms with E-state index in [2.05, 4.69) is 59.3 Å². The lowest BCUT2D eigenvalue weighted by molar-refractivity contribution is -0.248. The van der Waals surface area contributed by atoms with Gasteiger partial charge in [-0.05, 0) is 172 Å². The van der Waals surface area contributed by atoms with Gasteiger partial charge in [-0.1, -0.05) is 88.3 Å². The molecule has 11 rings (SSSR count). The number of fused-ring (bicyclic) bond motifs is 2. The van der Waals surface area contributed by atoms with Gasteiger partial charge in [-0.2, -0.15) is 13.5 Å². The van der Waals surface area contributed by atoms with Gasteiger partial charge in [0.25, 0.3) is 16.0 Å². The monoisotopic (exact) mass is 1330 g/mol. The van der Waals surface area contributed by atoms with Crippen LogP contribution in [0.25, 0.3) is 21.3 Å². The minimum atomic E-state index is -4.42. The van der Waals surface area contributed by atoms with Crippen molar-refractivity contribution in [1.29, 1.82) is 0 Å². The molecule has 1 aliphatic heterocycles. The third-order valence-corrected chi connectivity index (χ3v) is 21.1. The van der Waals surface area contributed by atoms with Crippen LogP contribution in [-0.2, 0) is 45.7 Å². The molecule has 3 aromatic carbocycles. The molecule has 4 atom stereocenters. The van der Waals surface area contributed by atoms with Gasteiger partial charge in [0.2, 0.25) is 0 Å². The minimum absolute atomic E-state index is 0.0335. The molecule has 0 radical (unpaired) electrons. The van der Waals surface area contributed by atoms with E-state index in [4.69, 9.17) is 31.0 Å². The lowest BCUT2D eigenvalue weighted by Crippen LogP contribution is -2.64. The number of primary amides is 1. The highest BCUT2D eigenvalue weighted by atomic mass is 32.2. The van der Waals surface area contributed by atoms with Gasteiger partial charge in [-0.25, -0.2) is 24.4 Å². The second-order valence-corrected chi connectivity index (χ2v) is 30.5. The fraction of sp³-hybridized carbons (Fsp3) is 0.551. The first-order chi connectivity index (χ1) is 44.9. The van der Waals surface area contributed by atoms with Crippen LogP contribution in [0.3, 0.4) is 0 Å². The van der Waals surface area contributed by atoms with Crippen LogP contribution >= 0.6 is 11.3 Å². The Morgan fingerprint density at radius 2 is 1.61 bits per heavy atom. The Morgan fingerprint density at radius 1 is 0.840 bits per heavy atom. The lowest BCUT2D eigenvalue weighted by atomic mass is 9.39. The van der Waals surface area contributed by atoms with Gasteiger partial charge in [0, 0.05) is 92.5 Å². The fourth-order valence-corrected chi connectivity index (χ4v) is 17.4. The molecule has 3 aromatic heterocycles. The van der Waals surface area contributed by atoms with E-state index in [-0.39, 0.29) is 66.2 Å². The van der Waals surface area contributed by atoms with Crippen LogP contribution in [0.5, 0.6) is 0 Å². The highest BCUT2D eigenvalue weighted by Gasteiger charge is 2.66. The molecule has 2 unspecified atom stereocenters. The Balaban J connectivity index is 0.756. The lowest BCUT2D eigenvalue weighted by Gasteiger charge is -2.69. The van der Waals surface area contributed by atoms with Crippen LogP contribution in [0.2, 0.25) is 0 Å². The summed E-state index contributed by atoms with van der Waals surface area (Å²) < 4.78 is 49.8. The Bertz CT molecular complexity index is 3700. The predicted molar refractivity (Wildman–Crippen MR) is 367 cm³/mol. The number of nitrogens with zero attached hydrogens (tertiary/aromatic N) is 6. The van der Waals surface area contributed by atoms with Crippen LogP contribution in [0.15, 0.2) is 85.1 Å². The molecule has 94 heavy (non-hydrogen) atoms. The van der Waals surface area contributed by atoms with Gasteiger partial charge < -0.3 is 57.1 Å². The Hall–Kier alpha value is -7.26. The van der Waals surface area contributed by atoms with Gasteiger partial charge in [-0.15, -0.1) is 0 Å². The number of carbonyl (C=O) groups is 4. The van der Waals surface area contributed by atoms with Gasteiger partial charge in [0.1, 0.15) is 12.4 Å². The maximum absolute atomic E-state index is 13.9. The number of hydrogen-bond acceptors (Lipinski definition) is 17. The maximum atomic E-state index is 13.9. The average molecular weight is 1330 g/mol. The highest BCUT2D eigenvalue weighted by molar-refractivity contribution is 7.85. The molecule has 4 saturated carbocycles. The number of pyridine rings is 1. The third-order valence-electron chi connectivity index (χ3n) is 19.5. The van der Waals surface area contributed by atoms with Gasteiger partial charge in [0.05, 0.1) is 34.4 Å². The summed E-state index contributed by atoms with van der Waals surface area (Å²) in [6, 6.07) is 24.5. The smallest absolute Gasteiger partial charge is 0.410 e. The summed E-state index contributed by atoms with van der Waals surface area (Å²) in [5.74, 6) is -1.18. The number of carbonyl (C=O) groups excluding carboxylic acids is 3. The van der Waals surface area contributed by atoms with Gasteiger partial charge in [-0.3, -0.25) is 19.3 Å². The fourth-order valence-electron chi connectivity index (χ4n) is 16.1. The van der Waals surface area contributed by atoms with Crippen LogP contribution in [0, 0.1) is 29.1 Å². The van der Waals surface area contributed by atoms with Crippen LogP contribution in [0.1, 0.15) is 148 Å². The summed E-state index contributed by atoms with van der Waals surface area (Å²) in [6.07, 6.45) is 12.9. The first kappa shape index (κ1) is 69.6. The zero-order valence-corrected chi connectivity index (χ0v) is 56.6. The first-order valence-electron chi connectivity index (χ1n) is 33.2. The number of thiazole rings is 1. The Kier molecular flexibility index (Phi) is 22.4. The average Bonchev–Trinajstić information content (AvgIpc) is 0.720. The summed E-state index contributed by atoms with van der Waals surface area (Å²) in [5.41, 5.74) is 16.8.